The molecule has 1 aliphatic carbocycles. The molecule has 0 radical (unpaired) electrons. The minimum absolute atomic E-state index is 0.127. The third-order valence-electron chi connectivity index (χ3n) is 5.20. The average molecular weight is 327 g/mol. The standard InChI is InChI=1S/C19H21NO4/c1-3-11-10-12(4-2)16-15(19(23)24)14(11)18(22)20(16)17(21)13-8-6-5-7-9-13/h5-11,14-16H,3-4H2,1-2H3,(H,23,24). The summed E-state index contributed by atoms with van der Waals surface area (Å²) in [5.74, 6) is -3.39. The van der Waals surface area contributed by atoms with Crippen molar-refractivity contribution in [2.75, 3.05) is 0 Å². The maximum Gasteiger partial charge on any atom is 0.309 e. The van der Waals surface area contributed by atoms with Gasteiger partial charge in [0.2, 0.25) is 5.91 Å². The van der Waals surface area contributed by atoms with Crippen molar-refractivity contribution in [2.24, 2.45) is 17.8 Å². The summed E-state index contributed by atoms with van der Waals surface area (Å²) in [4.78, 5) is 38.9. The zero-order valence-electron chi connectivity index (χ0n) is 13.8. The van der Waals surface area contributed by atoms with E-state index >= 15 is 0 Å². The van der Waals surface area contributed by atoms with Crippen LogP contribution >= 0.6 is 0 Å². The first-order valence-corrected chi connectivity index (χ1v) is 8.37. The molecule has 0 saturated carbocycles. The molecule has 4 atom stereocenters. The number of carboxylic acids is 1. The summed E-state index contributed by atoms with van der Waals surface area (Å²) in [6.45, 7) is 3.88. The average Bonchev–Trinajstić information content (AvgIpc) is 2.84. The number of likely N-dealkylation sites (tertiary alicyclic amines) is 1. The van der Waals surface area contributed by atoms with Gasteiger partial charge in [-0.2, -0.15) is 0 Å². The number of carbonyl (C=O) groups excluding carboxylic acids is 2. The lowest BCUT2D eigenvalue weighted by Gasteiger charge is -2.32. The number of allylic oxidation sites excluding steroid dienone is 1. The number of benzene rings is 1. The zero-order valence-corrected chi connectivity index (χ0v) is 13.8. The Morgan fingerprint density at radius 2 is 1.83 bits per heavy atom. The van der Waals surface area contributed by atoms with E-state index in [9.17, 15) is 19.5 Å². The number of imide groups is 1. The van der Waals surface area contributed by atoms with E-state index in [4.69, 9.17) is 0 Å². The lowest BCUT2D eigenvalue weighted by atomic mass is 9.72. The van der Waals surface area contributed by atoms with Crippen molar-refractivity contribution < 1.29 is 19.5 Å². The molecule has 1 aliphatic heterocycles. The zero-order chi connectivity index (χ0) is 17.4. The first-order chi connectivity index (χ1) is 11.5. The van der Waals surface area contributed by atoms with Crippen LogP contribution in [0.4, 0.5) is 0 Å². The molecule has 5 heteroatoms. The minimum atomic E-state index is -1.00. The topological polar surface area (TPSA) is 74.7 Å². The maximum absolute atomic E-state index is 13.0. The number of hydrogen-bond donors (Lipinski definition) is 1. The maximum atomic E-state index is 13.0. The number of carbonyl (C=O) groups is 3. The van der Waals surface area contributed by atoms with Crippen LogP contribution in [-0.4, -0.2) is 33.8 Å². The molecule has 2 bridgehead atoms. The van der Waals surface area contributed by atoms with Crippen LogP contribution in [-0.2, 0) is 9.59 Å². The lowest BCUT2D eigenvalue weighted by molar-refractivity contribution is -0.145. The Balaban J connectivity index is 2.09. The van der Waals surface area contributed by atoms with Gasteiger partial charge < -0.3 is 5.11 Å². The fourth-order valence-corrected chi connectivity index (χ4v) is 4.07. The van der Waals surface area contributed by atoms with E-state index in [1.54, 1.807) is 30.3 Å². The summed E-state index contributed by atoms with van der Waals surface area (Å²) in [6.07, 6.45) is 3.33. The highest BCUT2D eigenvalue weighted by Gasteiger charge is 2.58. The van der Waals surface area contributed by atoms with Gasteiger partial charge in [-0.25, -0.2) is 0 Å². The monoisotopic (exact) mass is 327 g/mol. The largest absolute Gasteiger partial charge is 0.481 e. The summed E-state index contributed by atoms with van der Waals surface area (Å²) in [5, 5.41) is 9.72. The molecule has 1 N–H and O–H groups in total. The van der Waals surface area contributed by atoms with Gasteiger partial charge in [0.25, 0.3) is 5.91 Å². The highest BCUT2D eigenvalue weighted by atomic mass is 16.4. The van der Waals surface area contributed by atoms with Gasteiger partial charge in [0.15, 0.2) is 0 Å². The minimum Gasteiger partial charge on any atom is -0.481 e. The highest BCUT2D eigenvalue weighted by Crippen LogP contribution is 2.46. The van der Waals surface area contributed by atoms with E-state index in [2.05, 4.69) is 0 Å². The highest BCUT2D eigenvalue weighted by molar-refractivity contribution is 6.09. The summed E-state index contributed by atoms with van der Waals surface area (Å²) in [5.41, 5.74) is 1.28. The molecule has 1 heterocycles. The summed E-state index contributed by atoms with van der Waals surface area (Å²) < 4.78 is 0. The smallest absolute Gasteiger partial charge is 0.309 e. The lowest BCUT2D eigenvalue weighted by Crippen LogP contribution is -2.43. The van der Waals surface area contributed by atoms with Gasteiger partial charge in [-0.1, -0.05) is 43.7 Å². The number of rotatable bonds is 4. The molecule has 1 fully saturated rings. The number of fused-ring (bicyclic) bond motifs is 2. The van der Waals surface area contributed by atoms with Crippen molar-refractivity contribution in [1.82, 2.24) is 4.90 Å². The Bertz CT molecular complexity index is 709. The van der Waals surface area contributed by atoms with Gasteiger partial charge in [-0.3, -0.25) is 19.3 Å². The molecule has 1 saturated heterocycles. The fraction of sp³-hybridized carbons (Fsp3) is 0.421. The molecule has 1 aromatic carbocycles. The fourth-order valence-electron chi connectivity index (χ4n) is 4.07. The van der Waals surface area contributed by atoms with Crippen molar-refractivity contribution in [3.05, 3.63) is 47.5 Å². The molecule has 2 amide bonds. The molecule has 126 valence electrons. The Hall–Kier alpha value is -2.43. The van der Waals surface area contributed by atoms with E-state index in [-0.39, 0.29) is 11.8 Å². The van der Waals surface area contributed by atoms with E-state index in [0.29, 0.717) is 18.4 Å². The van der Waals surface area contributed by atoms with Crippen LogP contribution < -0.4 is 0 Å². The third-order valence-corrected chi connectivity index (χ3v) is 5.20. The summed E-state index contributed by atoms with van der Waals surface area (Å²) in [6, 6.07) is 7.91. The molecule has 24 heavy (non-hydrogen) atoms. The summed E-state index contributed by atoms with van der Waals surface area (Å²) >= 11 is 0. The Kier molecular flexibility index (Phi) is 4.26. The number of carboxylic acid groups (broad SMARTS) is 1. The quantitative estimate of drug-likeness (QED) is 0.681. The Morgan fingerprint density at radius 3 is 2.38 bits per heavy atom. The SMILES string of the molecule is CCC1=CC(CC)C2C(=O)N(C(=O)c3ccccc3)C1C2C(=O)O. The van der Waals surface area contributed by atoms with Gasteiger partial charge in [-0.15, -0.1) is 0 Å². The number of hydrogen-bond acceptors (Lipinski definition) is 3. The molecule has 4 unspecified atom stereocenters. The van der Waals surface area contributed by atoms with Crippen molar-refractivity contribution in [3.63, 3.8) is 0 Å². The number of amides is 2. The van der Waals surface area contributed by atoms with Crippen LogP contribution in [0.5, 0.6) is 0 Å². The summed E-state index contributed by atoms with van der Waals surface area (Å²) in [7, 11) is 0. The normalized spacial score (nSPS) is 28.7. The van der Waals surface area contributed by atoms with E-state index < -0.39 is 29.8 Å². The van der Waals surface area contributed by atoms with Gasteiger partial charge >= 0.3 is 5.97 Å². The van der Waals surface area contributed by atoms with Crippen LogP contribution in [0.25, 0.3) is 0 Å². The van der Waals surface area contributed by atoms with Crippen molar-refractivity contribution >= 4 is 17.8 Å². The van der Waals surface area contributed by atoms with Gasteiger partial charge in [0, 0.05) is 5.56 Å². The van der Waals surface area contributed by atoms with Crippen LogP contribution in [0.15, 0.2) is 42.0 Å². The van der Waals surface area contributed by atoms with Crippen molar-refractivity contribution in [3.8, 4) is 0 Å². The molecule has 0 spiro atoms. The Morgan fingerprint density at radius 1 is 1.17 bits per heavy atom. The van der Waals surface area contributed by atoms with Crippen LogP contribution in [0.3, 0.4) is 0 Å². The van der Waals surface area contributed by atoms with E-state index in [0.717, 1.165) is 5.57 Å². The predicted octanol–water partition coefficient (Wildman–Crippen LogP) is 2.73. The first-order valence-electron chi connectivity index (χ1n) is 8.37. The number of nitrogens with zero attached hydrogens (tertiary/aromatic N) is 1. The number of aliphatic carboxylic acids is 1. The van der Waals surface area contributed by atoms with Crippen LogP contribution in [0, 0.1) is 17.8 Å². The van der Waals surface area contributed by atoms with E-state index in [1.807, 2.05) is 19.9 Å². The predicted molar refractivity (Wildman–Crippen MR) is 88.2 cm³/mol. The molecule has 1 aromatic rings. The molecule has 5 nitrogen and oxygen atoms in total. The van der Waals surface area contributed by atoms with Gasteiger partial charge in [0.05, 0.1) is 17.9 Å². The molecule has 3 rings (SSSR count). The Labute approximate surface area is 141 Å². The molecule has 2 aliphatic rings. The second-order valence-corrected chi connectivity index (χ2v) is 6.38. The van der Waals surface area contributed by atoms with Crippen LogP contribution in [0.1, 0.15) is 37.0 Å². The van der Waals surface area contributed by atoms with Gasteiger partial charge in [0.1, 0.15) is 0 Å². The van der Waals surface area contributed by atoms with E-state index in [1.165, 1.54) is 4.90 Å². The molecular formula is C19H21NO4. The van der Waals surface area contributed by atoms with Gasteiger partial charge in [-0.05, 0) is 30.9 Å². The van der Waals surface area contributed by atoms with Crippen LogP contribution in [0.2, 0.25) is 0 Å². The molecular weight excluding hydrogens is 306 g/mol. The second kappa shape index (κ2) is 6.23. The first kappa shape index (κ1) is 16.4. The third kappa shape index (κ3) is 2.35. The van der Waals surface area contributed by atoms with Crippen molar-refractivity contribution in [2.45, 2.75) is 32.7 Å². The molecule has 0 aromatic heterocycles. The second-order valence-electron chi connectivity index (χ2n) is 6.38. The van der Waals surface area contributed by atoms with Crippen molar-refractivity contribution in [1.29, 1.82) is 0 Å².